The summed E-state index contributed by atoms with van der Waals surface area (Å²) in [6.07, 6.45) is 4.87. The van der Waals surface area contributed by atoms with Crippen molar-refractivity contribution in [3.05, 3.63) is 16.8 Å². The number of fused-ring (bicyclic) bond motifs is 1. The Hall–Kier alpha value is -1.60. The van der Waals surface area contributed by atoms with E-state index in [4.69, 9.17) is 27.9 Å². The van der Waals surface area contributed by atoms with Crippen molar-refractivity contribution in [2.24, 2.45) is 0 Å². The van der Waals surface area contributed by atoms with Crippen LogP contribution in [0.25, 0.3) is 11.2 Å². The van der Waals surface area contributed by atoms with E-state index in [2.05, 4.69) is 20.3 Å². The molecular weight excluding hydrogens is 365 g/mol. The highest BCUT2D eigenvalue weighted by atomic mass is 35.5. The smallest absolute Gasteiger partial charge is 0.407 e. The van der Waals surface area contributed by atoms with Crippen LogP contribution < -0.4 is 5.32 Å². The first kappa shape index (κ1) is 18.2. The van der Waals surface area contributed by atoms with Gasteiger partial charge in [-0.15, -0.1) is 0 Å². The third-order valence-electron chi connectivity index (χ3n) is 4.16. The van der Waals surface area contributed by atoms with Crippen LogP contribution in [0.5, 0.6) is 0 Å². The molecule has 0 unspecified atom stereocenters. The number of aromatic nitrogens is 4. The van der Waals surface area contributed by atoms with E-state index in [9.17, 15) is 4.79 Å². The normalized spacial score (nSPS) is 21.3. The third kappa shape index (κ3) is 4.33. The van der Waals surface area contributed by atoms with Gasteiger partial charge in [0.2, 0.25) is 5.28 Å². The Bertz CT molecular complexity index is 779. The van der Waals surface area contributed by atoms with Crippen molar-refractivity contribution in [2.45, 2.75) is 64.1 Å². The van der Waals surface area contributed by atoms with E-state index in [1.165, 1.54) is 0 Å². The summed E-state index contributed by atoms with van der Waals surface area (Å²) in [4.78, 5) is 24.4. The Morgan fingerprint density at radius 2 is 1.92 bits per heavy atom. The van der Waals surface area contributed by atoms with E-state index in [1.54, 1.807) is 6.33 Å². The van der Waals surface area contributed by atoms with Crippen LogP contribution in [0, 0.1) is 0 Å². The first-order chi connectivity index (χ1) is 11.7. The highest BCUT2D eigenvalue weighted by Gasteiger charge is 2.27. The Morgan fingerprint density at radius 1 is 1.24 bits per heavy atom. The monoisotopic (exact) mass is 385 g/mol. The van der Waals surface area contributed by atoms with E-state index in [-0.39, 0.29) is 28.6 Å². The largest absolute Gasteiger partial charge is 0.444 e. The van der Waals surface area contributed by atoms with Gasteiger partial charge in [-0.1, -0.05) is 11.6 Å². The molecule has 0 atom stereocenters. The van der Waals surface area contributed by atoms with E-state index in [1.807, 2.05) is 25.3 Å². The molecule has 1 fully saturated rings. The van der Waals surface area contributed by atoms with Crippen LogP contribution in [0.2, 0.25) is 10.4 Å². The van der Waals surface area contributed by atoms with Crippen molar-refractivity contribution in [3.8, 4) is 0 Å². The average molecular weight is 386 g/mol. The molecule has 0 aliphatic heterocycles. The van der Waals surface area contributed by atoms with Crippen LogP contribution in [0.4, 0.5) is 4.79 Å². The standard InChI is InChI=1S/C16H21Cl2N5O2/c1-16(2,3)25-15(24)20-9-4-6-10(7-5-9)23-8-19-11-12(17)21-14(18)22-13(11)23/h8-10H,4-7H2,1-3H3,(H,20,24). The fourth-order valence-corrected chi connectivity index (χ4v) is 3.52. The van der Waals surface area contributed by atoms with Gasteiger partial charge in [-0.3, -0.25) is 0 Å². The maximum absolute atomic E-state index is 11.9. The van der Waals surface area contributed by atoms with Crippen molar-refractivity contribution in [1.82, 2.24) is 24.8 Å². The van der Waals surface area contributed by atoms with Gasteiger partial charge >= 0.3 is 6.09 Å². The lowest BCUT2D eigenvalue weighted by Gasteiger charge is -2.30. The lowest BCUT2D eigenvalue weighted by molar-refractivity contribution is 0.0488. The molecule has 1 aliphatic carbocycles. The number of carbonyl (C=O) groups excluding carboxylic acids is 1. The summed E-state index contributed by atoms with van der Waals surface area (Å²) in [5.41, 5.74) is 0.712. The van der Waals surface area contributed by atoms with E-state index < -0.39 is 5.60 Å². The predicted molar refractivity (Wildman–Crippen MR) is 96.0 cm³/mol. The van der Waals surface area contributed by atoms with Gasteiger partial charge in [0.15, 0.2) is 10.8 Å². The SMILES string of the molecule is CC(C)(C)OC(=O)NC1CCC(n2cnc3c(Cl)nc(Cl)nc32)CC1. The minimum atomic E-state index is -0.491. The number of amides is 1. The summed E-state index contributed by atoms with van der Waals surface area (Å²) in [7, 11) is 0. The van der Waals surface area contributed by atoms with Gasteiger partial charge < -0.3 is 14.6 Å². The van der Waals surface area contributed by atoms with Crippen molar-refractivity contribution in [3.63, 3.8) is 0 Å². The summed E-state index contributed by atoms with van der Waals surface area (Å²) in [6.45, 7) is 5.56. The first-order valence-electron chi connectivity index (χ1n) is 8.28. The zero-order chi connectivity index (χ0) is 18.2. The number of alkyl carbamates (subject to hydrolysis) is 1. The Kier molecular flexibility index (Phi) is 5.06. The van der Waals surface area contributed by atoms with Crippen molar-refractivity contribution < 1.29 is 9.53 Å². The summed E-state index contributed by atoms with van der Waals surface area (Å²) >= 11 is 12.0. The summed E-state index contributed by atoms with van der Waals surface area (Å²) < 4.78 is 7.31. The van der Waals surface area contributed by atoms with Crippen LogP contribution in [-0.2, 0) is 4.74 Å². The van der Waals surface area contributed by atoms with Gasteiger partial charge in [-0.05, 0) is 58.1 Å². The van der Waals surface area contributed by atoms with Gasteiger partial charge in [0.05, 0.1) is 6.33 Å². The lowest BCUT2D eigenvalue weighted by Crippen LogP contribution is -2.41. The number of rotatable bonds is 2. The lowest BCUT2D eigenvalue weighted by atomic mass is 9.91. The molecule has 1 aliphatic rings. The molecule has 0 bridgehead atoms. The molecule has 7 nitrogen and oxygen atoms in total. The molecule has 9 heteroatoms. The fraction of sp³-hybridized carbons (Fsp3) is 0.625. The quantitative estimate of drug-likeness (QED) is 0.620. The first-order valence-corrected chi connectivity index (χ1v) is 9.03. The van der Waals surface area contributed by atoms with E-state index in [0.29, 0.717) is 11.2 Å². The maximum Gasteiger partial charge on any atom is 0.407 e. The second-order valence-corrected chi connectivity index (χ2v) is 7.96. The highest BCUT2D eigenvalue weighted by molar-refractivity contribution is 6.35. The minimum Gasteiger partial charge on any atom is -0.444 e. The molecule has 1 amide bonds. The van der Waals surface area contributed by atoms with Gasteiger partial charge in [-0.2, -0.15) is 4.98 Å². The molecule has 2 aromatic rings. The molecule has 2 heterocycles. The van der Waals surface area contributed by atoms with Crippen LogP contribution >= 0.6 is 23.2 Å². The molecule has 1 N–H and O–H groups in total. The summed E-state index contributed by atoms with van der Waals surface area (Å²) in [5.74, 6) is 0. The van der Waals surface area contributed by atoms with Gasteiger partial charge in [0.25, 0.3) is 0 Å². The number of nitrogens with one attached hydrogen (secondary N) is 1. The fourth-order valence-electron chi connectivity index (χ4n) is 3.10. The second-order valence-electron chi connectivity index (χ2n) is 7.26. The molecule has 0 radical (unpaired) electrons. The second kappa shape index (κ2) is 6.96. The molecule has 0 spiro atoms. The molecule has 25 heavy (non-hydrogen) atoms. The summed E-state index contributed by atoms with van der Waals surface area (Å²) in [6, 6.07) is 0.353. The van der Waals surface area contributed by atoms with Gasteiger partial charge in [-0.25, -0.2) is 14.8 Å². The van der Waals surface area contributed by atoms with Crippen molar-refractivity contribution >= 4 is 40.5 Å². The Labute approximate surface area is 156 Å². The molecule has 0 saturated heterocycles. The van der Waals surface area contributed by atoms with Crippen molar-refractivity contribution in [2.75, 3.05) is 0 Å². The van der Waals surface area contributed by atoms with E-state index in [0.717, 1.165) is 25.7 Å². The molecule has 0 aromatic carbocycles. The van der Waals surface area contributed by atoms with Gasteiger partial charge in [0, 0.05) is 12.1 Å². The molecular formula is C16H21Cl2N5O2. The Morgan fingerprint density at radius 3 is 2.56 bits per heavy atom. The number of halogens is 2. The van der Waals surface area contributed by atoms with Gasteiger partial charge in [0.1, 0.15) is 11.1 Å². The zero-order valence-electron chi connectivity index (χ0n) is 14.4. The van der Waals surface area contributed by atoms with Crippen LogP contribution in [-0.4, -0.2) is 37.3 Å². The number of carbonyl (C=O) groups is 1. The number of hydrogen-bond acceptors (Lipinski definition) is 5. The molecule has 136 valence electrons. The topological polar surface area (TPSA) is 81.9 Å². The van der Waals surface area contributed by atoms with Crippen LogP contribution in [0.3, 0.4) is 0 Å². The average Bonchev–Trinajstić information content (AvgIpc) is 2.90. The Balaban J connectivity index is 1.64. The highest BCUT2D eigenvalue weighted by Crippen LogP contribution is 2.32. The minimum absolute atomic E-state index is 0.111. The van der Waals surface area contributed by atoms with Crippen LogP contribution in [0.15, 0.2) is 6.33 Å². The molecule has 3 rings (SSSR count). The van der Waals surface area contributed by atoms with E-state index >= 15 is 0 Å². The zero-order valence-corrected chi connectivity index (χ0v) is 15.9. The number of nitrogens with zero attached hydrogens (tertiary/aromatic N) is 4. The number of hydrogen-bond donors (Lipinski definition) is 1. The van der Waals surface area contributed by atoms with Crippen LogP contribution in [0.1, 0.15) is 52.5 Å². The molecule has 2 aromatic heterocycles. The number of ether oxygens (including phenoxy) is 1. The summed E-state index contributed by atoms with van der Waals surface area (Å²) in [5, 5.41) is 3.31. The predicted octanol–water partition coefficient (Wildman–Crippen LogP) is 4.14. The number of imidazole rings is 1. The molecule has 1 saturated carbocycles. The maximum atomic E-state index is 11.9. The third-order valence-corrected chi connectivity index (χ3v) is 4.60. The van der Waals surface area contributed by atoms with Crippen molar-refractivity contribution in [1.29, 1.82) is 0 Å².